The maximum atomic E-state index is 13.4. The van der Waals surface area contributed by atoms with Crippen LogP contribution in [0.5, 0.6) is 0 Å². The third kappa shape index (κ3) is 3.38. The zero-order chi connectivity index (χ0) is 18.1. The molecule has 2 aromatic heterocycles. The smallest absolute Gasteiger partial charge is 0.245 e. The average Bonchev–Trinajstić information content (AvgIpc) is 3.37. The molecule has 1 fully saturated rings. The number of aromatic nitrogens is 2. The molecule has 8 heteroatoms. The Bertz CT molecular complexity index is 1020. The summed E-state index contributed by atoms with van der Waals surface area (Å²) in [4.78, 5) is 8.37. The van der Waals surface area contributed by atoms with Gasteiger partial charge in [-0.05, 0) is 43.2 Å². The quantitative estimate of drug-likeness (QED) is 0.663. The van der Waals surface area contributed by atoms with Gasteiger partial charge in [-0.1, -0.05) is 6.07 Å². The number of hydrogen-bond acceptors (Lipinski definition) is 5. The number of sulfonamides is 1. The maximum absolute atomic E-state index is 13.4. The van der Waals surface area contributed by atoms with Crippen LogP contribution >= 0.6 is 0 Å². The first-order valence-corrected chi connectivity index (χ1v) is 9.60. The lowest BCUT2D eigenvalue weighted by Crippen LogP contribution is -2.32. The van der Waals surface area contributed by atoms with Gasteiger partial charge in [-0.25, -0.2) is 17.8 Å². The van der Waals surface area contributed by atoms with Crippen LogP contribution in [0.4, 0.5) is 4.39 Å². The third-order valence-corrected chi connectivity index (χ3v) is 6.02. The molecule has 0 unspecified atom stereocenters. The second-order valence-electron chi connectivity index (χ2n) is 6.12. The fourth-order valence-corrected chi connectivity index (χ4v) is 4.32. The van der Waals surface area contributed by atoms with Crippen molar-refractivity contribution in [2.24, 2.45) is 0 Å². The van der Waals surface area contributed by atoms with Crippen LogP contribution in [0.1, 0.15) is 18.5 Å². The summed E-state index contributed by atoms with van der Waals surface area (Å²) in [6.45, 7) is 0.0979. The van der Waals surface area contributed by atoms with Crippen molar-refractivity contribution < 1.29 is 17.2 Å². The number of rotatable bonds is 6. The van der Waals surface area contributed by atoms with E-state index in [0.717, 1.165) is 12.8 Å². The molecule has 1 saturated carbocycles. The van der Waals surface area contributed by atoms with E-state index in [1.54, 1.807) is 18.2 Å². The standard InChI is InChI=1S/C18H16FN3O3S/c19-14-4-1-3-13(9-14)18-21-15(12-25-18)11-22(16-6-7-16)26(23,24)17-5-2-8-20-10-17/h1-5,8-10,12,16H,6-7,11H2. The first-order valence-electron chi connectivity index (χ1n) is 8.16. The Morgan fingerprint density at radius 1 is 1.23 bits per heavy atom. The van der Waals surface area contributed by atoms with Crippen LogP contribution in [-0.4, -0.2) is 28.7 Å². The van der Waals surface area contributed by atoms with Crippen LogP contribution in [-0.2, 0) is 16.6 Å². The molecule has 6 nitrogen and oxygen atoms in total. The van der Waals surface area contributed by atoms with Crippen molar-refractivity contribution >= 4 is 10.0 Å². The minimum Gasteiger partial charge on any atom is -0.444 e. The summed E-state index contributed by atoms with van der Waals surface area (Å²) in [5.74, 6) is -0.130. The molecule has 1 aliphatic rings. The first kappa shape index (κ1) is 16.9. The van der Waals surface area contributed by atoms with Gasteiger partial charge in [0, 0.05) is 24.0 Å². The predicted octanol–water partition coefficient (Wildman–Crippen LogP) is 3.23. The monoisotopic (exact) mass is 373 g/mol. The molecule has 3 aromatic rings. The van der Waals surface area contributed by atoms with Gasteiger partial charge in [-0.3, -0.25) is 4.98 Å². The summed E-state index contributed by atoms with van der Waals surface area (Å²) in [7, 11) is -3.67. The largest absolute Gasteiger partial charge is 0.444 e. The van der Waals surface area contributed by atoms with Crippen LogP contribution in [0.2, 0.25) is 0 Å². The molecular formula is C18H16FN3O3S. The molecule has 1 aromatic carbocycles. The summed E-state index contributed by atoms with van der Waals surface area (Å²) in [6.07, 6.45) is 5.91. The van der Waals surface area contributed by atoms with Crippen molar-refractivity contribution in [3.63, 3.8) is 0 Å². The molecule has 0 radical (unpaired) electrons. The molecule has 26 heavy (non-hydrogen) atoms. The second-order valence-corrected chi connectivity index (χ2v) is 8.02. The fourth-order valence-electron chi connectivity index (χ4n) is 2.70. The van der Waals surface area contributed by atoms with Crippen LogP contribution < -0.4 is 0 Å². The van der Waals surface area contributed by atoms with Crippen molar-refractivity contribution in [2.75, 3.05) is 0 Å². The van der Waals surface area contributed by atoms with Crippen molar-refractivity contribution in [1.29, 1.82) is 0 Å². The number of benzene rings is 1. The van der Waals surface area contributed by atoms with Crippen LogP contribution in [0, 0.1) is 5.82 Å². The van der Waals surface area contributed by atoms with Crippen molar-refractivity contribution in [2.45, 2.75) is 30.3 Å². The van der Waals surface area contributed by atoms with Gasteiger partial charge in [0.15, 0.2) is 0 Å². The number of oxazole rings is 1. The lowest BCUT2D eigenvalue weighted by molar-refractivity contribution is 0.393. The van der Waals surface area contributed by atoms with E-state index in [2.05, 4.69) is 9.97 Å². The van der Waals surface area contributed by atoms with Gasteiger partial charge in [0.1, 0.15) is 17.0 Å². The van der Waals surface area contributed by atoms with Gasteiger partial charge in [-0.15, -0.1) is 0 Å². The summed E-state index contributed by atoms with van der Waals surface area (Å²) >= 11 is 0. The summed E-state index contributed by atoms with van der Waals surface area (Å²) in [5.41, 5.74) is 0.980. The summed E-state index contributed by atoms with van der Waals surface area (Å²) < 4.78 is 46.0. The first-order chi connectivity index (χ1) is 12.5. The van der Waals surface area contributed by atoms with Gasteiger partial charge < -0.3 is 4.42 Å². The molecule has 0 N–H and O–H groups in total. The summed E-state index contributed by atoms with van der Waals surface area (Å²) in [5, 5.41) is 0. The zero-order valence-corrected chi connectivity index (χ0v) is 14.6. The zero-order valence-electron chi connectivity index (χ0n) is 13.7. The predicted molar refractivity (Wildman–Crippen MR) is 91.9 cm³/mol. The van der Waals surface area contributed by atoms with E-state index in [4.69, 9.17) is 4.42 Å². The van der Waals surface area contributed by atoms with Gasteiger partial charge >= 0.3 is 0 Å². The minimum absolute atomic E-state index is 0.0467. The van der Waals surface area contributed by atoms with Crippen molar-refractivity contribution in [3.8, 4) is 11.5 Å². The normalized spacial score (nSPS) is 14.7. The molecular weight excluding hydrogens is 357 g/mol. The van der Waals surface area contributed by atoms with Crippen molar-refractivity contribution in [3.05, 3.63) is 66.6 Å². The topological polar surface area (TPSA) is 76.3 Å². The Hall–Kier alpha value is -2.58. The fraction of sp³-hybridized carbons (Fsp3) is 0.222. The minimum atomic E-state index is -3.67. The molecule has 1 aliphatic carbocycles. The highest BCUT2D eigenvalue weighted by atomic mass is 32.2. The molecule has 0 atom stereocenters. The lowest BCUT2D eigenvalue weighted by Gasteiger charge is -2.20. The molecule has 0 amide bonds. The van der Waals surface area contributed by atoms with Crippen molar-refractivity contribution in [1.82, 2.24) is 14.3 Å². The Kier molecular flexibility index (Phi) is 4.29. The average molecular weight is 373 g/mol. The van der Waals surface area contributed by atoms with Crippen LogP contribution in [0.25, 0.3) is 11.5 Å². The van der Waals surface area contributed by atoms with E-state index >= 15 is 0 Å². The Labute approximate surface area is 150 Å². The molecule has 0 saturated heterocycles. The number of halogens is 1. The Morgan fingerprint density at radius 3 is 2.77 bits per heavy atom. The molecule has 2 heterocycles. The molecule has 0 spiro atoms. The van der Waals surface area contributed by atoms with E-state index < -0.39 is 10.0 Å². The maximum Gasteiger partial charge on any atom is 0.245 e. The highest BCUT2D eigenvalue weighted by Gasteiger charge is 2.38. The van der Waals surface area contributed by atoms with Crippen LogP contribution in [0.15, 0.2) is 64.4 Å². The van der Waals surface area contributed by atoms with E-state index in [9.17, 15) is 12.8 Å². The SMILES string of the molecule is O=S(=O)(c1cccnc1)N(Cc1coc(-c2cccc(F)c2)n1)C1CC1. The van der Waals surface area contributed by atoms with E-state index in [1.807, 2.05) is 0 Å². The van der Waals surface area contributed by atoms with Gasteiger partial charge in [0.25, 0.3) is 0 Å². The highest BCUT2D eigenvalue weighted by molar-refractivity contribution is 7.89. The van der Waals surface area contributed by atoms with Gasteiger partial charge in [-0.2, -0.15) is 4.31 Å². The van der Waals surface area contributed by atoms with E-state index in [1.165, 1.54) is 41.2 Å². The summed E-state index contributed by atoms with van der Waals surface area (Å²) in [6, 6.07) is 8.98. The van der Waals surface area contributed by atoms with E-state index in [-0.39, 0.29) is 29.2 Å². The van der Waals surface area contributed by atoms with Gasteiger partial charge in [0.05, 0.1) is 12.2 Å². The highest BCUT2D eigenvalue weighted by Crippen LogP contribution is 2.33. The van der Waals surface area contributed by atoms with Crippen LogP contribution in [0.3, 0.4) is 0 Å². The molecule has 0 aliphatic heterocycles. The van der Waals surface area contributed by atoms with E-state index in [0.29, 0.717) is 11.3 Å². The molecule has 4 rings (SSSR count). The lowest BCUT2D eigenvalue weighted by atomic mass is 10.2. The number of hydrogen-bond donors (Lipinski definition) is 0. The second kappa shape index (κ2) is 6.62. The number of nitrogens with zero attached hydrogens (tertiary/aromatic N) is 3. The molecule has 0 bridgehead atoms. The Balaban J connectivity index is 1.61. The Morgan fingerprint density at radius 2 is 2.08 bits per heavy atom. The number of pyridine rings is 1. The third-order valence-electron chi connectivity index (χ3n) is 4.14. The van der Waals surface area contributed by atoms with Gasteiger partial charge in [0.2, 0.25) is 15.9 Å². The molecule has 134 valence electrons.